The van der Waals surface area contributed by atoms with Gasteiger partial charge in [-0.25, -0.2) is 4.79 Å². The largest absolute Gasteiger partial charge is 0.478 e. The Morgan fingerprint density at radius 2 is 1.53 bits per heavy atom. The van der Waals surface area contributed by atoms with E-state index in [9.17, 15) is 33.9 Å². The number of halogens is 1. The lowest BCUT2D eigenvalue weighted by atomic mass is 9.82. The summed E-state index contributed by atoms with van der Waals surface area (Å²) in [6.07, 6.45) is -6.17. The smallest absolute Gasteiger partial charge is 0.352 e. The Kier molecular flexibility index (Phi) is 10.2. The molecule has 2 N–H and O–H groups in total. The molecule has 0 saturated carbocycles. The number of hydrogen-bond acceptors (Lipinski definition) is 11. The second kappa shape index (κ2) is 12.0. The number of carbonyl (C=O) groups excluding carboxylic acids is 5. The van der Waals surface area contributed by atoms with Gasteiger partial charge in [0.25, 0.3) is 0 Å². The molecule has 0 spiro atoms. The van der Waals surface area contributed by atoms with Gasteiger partial charge in [-0.15, -0.1) is 0 Å². The molecule has 1 aliphatic heterocycles. The fourth-order valence-corrected chi connectivity index (χ4v) is 3.75. The summed E-state index contributed by atoms with van der Waals surface area (Å²) in [5, 5.41) is 9.76. The minimum atomic E-state index is -2.51. The highest BCUT2D eigenvalue weighted by atomic mass is 35.5. The zero-order valence-corrected chi connectivity index (χ0v) is 20.2. The average molecular weight is 510 g/mol. The summed E-state index contributed by atoms with van der Waals surface area (Å²) < 4.78 is 26.3. The number of rotatable bonds is 9. The van der Waals surface area contributed by atoms with E-state index >= 15 is 0 Å². The molecule has 1 amide bonds. The topological polar surface area (TPSA) is 181 Å². The molecule has 0 aromatic carbocycles. The van der Waals surface area contributed by atoms with Gasteiger partial charge in [0.1, 0.15) is 18.8 Å². The van der Waals surface area contributed by atoms with Crippen LogP contribution >= 0.6 is 11.6 Å². The molecule has 0 bridgehead atoms. The first-order valence-corrected chi connectivity index (χ1v) is 10.5. The van der Waals surface area contributed by atoms with Crippen molar-refractivity contribution in [3.05, 3.63) is 0 Å². The summed E-state index contributed by atoms with van der Waals surface area (Å²) >= 11 is 6.29. The highest BCUT2D eigenvalue weighted by Crippen LogP contribution is 2.42. The standard InChI is InChI=1S/C20H28ClNO12/c1-8-16(32-12(5)26)15(22-9(2)23)18(34-20(8,21)19(28)29)17(33-13(6)27)14(31-11(4)25)7-30-10(3)24/h8,14-18H,7H2,1-6H3,(H,22,23)(H,28,29)/t8?,14-,15-,16+,17-,18-,20?/m1/s1. The summed E-state index contributed by atoms with van der Waals surface area (Å²) in [5.41, 5.74) is 0. The van der Waals surface area contributed by atoms with Crippen LogP contribution in [0, 0.1) is 5.92 Å². The van der Waals surface area contributed by atoms with Crippen molar-refractivity contribution < 1.29 is 57.6 Å². The maximum atomic E-state index is 12.1. The second-order valence-electron chi connectivity index (χ2n) is 7.65. The normalized spacial score (nSPS) is 28.0. The molecule has 13 nitrogen and oxygen atoms in total. The lowest BCUT2D eigenvalue weighted by molar-refractivity contribution is -0.237. The molecule has 1 fully saturated rings. The number of nitrogens with one attached hydrogen (secondary N) is 1. The minimum Gasteiger partial charge on any atom is -0.478 e. The average Bonchev–Trinajstić information content (AvgIpc) is 2.67. The predicted octanol–water partition coefficient (Wildman–Crippen LogP) is -0.0961. The summed E-state index contributed by atoms with van der Waals surface area (Å²) in [5.74, 6) is -6.86. The van der Waals surface area contributed by atoms with E-state index < -0.39 is 83.8 Å². The number of hydrogen-bond donors (Lipinski definition) is 2. The van der Waals surface area contributed by atoms with Gasteiger partial charge in [0.15, 0.2) is 12.2 Å². The van der Waals surface area contributed by atoms with E-state index in [1.165, 1.54) is 6.92 Å². The summed E-state index contributed by atoms with van der Waals surface area (Å²) in [6, 6.07) is -1.32. The quantitative estimate of drug-likeness (QED) is 0.239. The molecule has 0 aromatic heterocycles. The van der Waals surface area contributed by atoms with E-state index in [1.807, 2.05) is 0 Å². The van der Waals surface area contributed by atoms with Crippen LogP contribution in [0.3, 0.4) is 0 Å². The van der Waals surface area contributed by atoms with Crippen molar-refractivity contribution in [3.63, 3.8) is 0 Å². The van der Waals surface area contributed by atoms with Crippen LogP contribution in [0.5, 0.6) is 0 Å². The fourth-order valence-electron chi connectivity index (χ4n) is 3.53. The molecule has 2 unspecified atom stereocenters. The molecule has 7 atom stereocenters. The third kappa shape index (κ3) is 7.55. The van der Waals surface area contributed by atoms with Gasteiger partial charge in [0.2, 0.25) is 11.0 Å². The Labute approximate surface area is 200 Å². The Hall–Kier alpha value is -2.93. The van der Waals surface area contributed by atoms with Crippen LogP contribution in [0.25, 0.3) is 0 Å². The number of ether oxygens (including phenoxy) is 5. The molecule has 14 heteroatoms. The van der Waals surface area contributed by atoms with Crippen molar-refractivity contribution in [2.24, 2.45) is 5.92 Å². The lowest BCUT2D eigenvalue weighted by Crippen LogP contribution is -2.70. The molecule has 0 aromatic rings. The van der Waals surface area contributed by atoms with Crippen molar-refractivity contribution in [2.45, 2.75) is 77.1 Å². The first-order valence-electron chi connectivity index (χ1n) is 10.1. The van der Waals surface area contributed by atoms with Crippen LogP contribution in [-0.2, 0) is 52.5 Å². The number of carboxylic acid groups (broad SMARTS) is 1. The fraction of sp³-hybridized carbons (Fsp3) is 0.700. The Balaban J connectivity index is 3.70. The molecule has 0 radical (unpaired) electrons. The number of carboxylic acids is 1. The van der Waals surface area contributed by atoms with Gasteiger partial charge in [-0.1, -0.05) is 18.5 Å². The third-order valence-electron chi connectivity index (χ3n) is 4.82. The second-order valence-corrected chi connectivity index (χ2v) is 8.21. The van der Waals surface area contributed by atoms with Crippen LogP contribution in [0.15, 0.2) is 0 Å². The van der Waals surface area contributed by atoms with E-state index in [-0.39, 0.29) is 0 Å². The lowest BCUT2D eigenvalue weighted by Gasteiger charge is -2.49. The van der Waals surface area contributed by atoms with Gasteiger partial charge in [-0.3, -0.25) is 24.0 Å². The molecule has 1 aliphatic rings. The Morgan fingerprint density at radius 1 is 0.971 bits per heavy atom. The highest BCUT2D eigenvalue weighted by Gasteiger charge is 2.61. The van der Waals surface area contributed by atoms with Crippen LogP contribution in [0.4, 0.5) is 0 Å². The zero-order valence-electron chi connectivity index (χ0n) is 19.5. The molecular weight excluding hydrogens is 482 g/mol. The van der Waals surface area contributed by atoms with Crippen molar-refractivity contribution in [1.29, 1.82) is 0 Å². The van der Waals surface area contributed by atoms with Gasteiger partial charge < -0.3 is 34.1 Å². The molecule has 0 aliphatic carbocycles. The predicted molar refractivity (Wildman–Crippen MR) is 111 cm³/mol. The molecule has 34 heavy (non-hydrogen) atoms. The minimum absolute atomic E-state index is 0.615. The van der Waals surface area contributed by atoms with Crippen molar-refractivity contribution >= 4 is 47.4 Å². The van der Waals surface area contributed by atoms with E-state index in [0.29, 0.717) is 0 Å². The number of esters is 4. The Bertz CT molecular complexity index is 832. The van der Waals surface area contributed by atoms with Crippen LogP contribution in [0.2, 0.25) is 0 Å². The third-order valence-corrected chi connectivity index (χ3v) is 5.41. The number of amides is 1. The van der Waals surface area contributed by atoms with Gasteiger partial charge in [0.05, 0.1) is 6.04 Å². The zero-order chi connectivity index (χ0) is 26.4. The maximum absolute atomic E-state index is 12.1. The van der Waals surface area contributed by atoms with Gasteiger partial charge in [-0.2, -0.15) is 0 Å². The van der Waals surface area contributed by atoms with Crippen LogP contribution < -0.4 is 5.32 Å². The highest BCUT2D eigenvalue weighted by molar-refractivity contribution is 6.32. The first-order chi connectivity index (χ1) is 15.6. The molecule has 192 valence electrons. The van der Waals surface area contributed by atoms with Crippen LogP contribution in [-0.4, -0.2) is 83.0 Å². The monoisotopic (exact) mass is 509 g/mol. The van der Waals surface area contributed by atoms with E-state index in [0.717, 1.165) is 34.6 Å². The molecule has 1 saturated heterocycles. The van der Waals surface area contributed by atoms with Crippen LogP contribution in [0.1, 0.15) is 41.5 Å². The van der Waals surface area contributed by atoms with Gasteiger partial charge in [0, 0.05) is 40.5 Å². The maximum Gasteiger partial charge on any atom is 0.352 e. The number of alkyl halides is 1. The van der Waals surface area contributed by atoms with Gasteiger partial charge >= 0.3 is 29.8 Å². The van der Waals surface area contributed by atoms with E-state index in [2.05, 4.69) is 5.32 Å². The number of aliphatic carboxylic acids is 1. The summed E-state index contributed by atoms with van der Waals surface area (Å²) in [7, 11) is 0. The number of carbonyl (C=O) groups is 6. The first kappa shape index (κ1) is 29.1. The van der Waals surface area contributed by atoms with E-state index in [4.69, 9.17) is 35.3 Å². The molecule has 1 rings (SSSR count). The summed E-state index contributed by atoms with van der Waals surface area (Å²) in [4.78, 5) is 70.8. The van der Waals surface area contributed by atoms with Crippen molar-refractivity contribution in [1.82, 2.24) is 5.32 Å². The van der Waals surface area contributed by atoms with E-state index in [1.54, 1.807) is 0 Å². The Morgan fingerprint density at radius 3 is 1.94 bits per heavy atom. The van der Waals surface area contributed by atoms with Gasteiger partial charge in [-0.05, 0) is 0 Å². The molecule has 1 heterocycles. The van der Waals surface area contributed by atoms with Crippen molar-refractivity contribution in [2.75, 3.05) is 6.61 Å². The molecular formula is C20H28ClNO12. The summed E-state index contributed by atoms with van der Waals surface area (Å²) in [6.45, 7) is 6.02. The SMILES string of the molecule is CC(=O)N[C@H]1[C@H]([C@H](OC(C)=O)[C@@H](COC(C)=O)OC(C)=O)OC(Cl)(C(=O)O)C(C)[C@@H]1OC(C)=O. The van der Waals surface area contributed by atoms with Crippen molar-refractivity contribution in [3.8, 4) is 0 Å².